The van der Waals surface area contributed by atoms with E-state index in [2.05, 4.69) is 26.2 Å². The van der Waals surface area contributed by atoms with Crippen LogP contribution in [0.3, 0.4) is 0 Å². The third-order valence-electron chi connectivity index (χ3n) is 8.22. The maximum atomic E-state index is 13.7. The molecule has 40 heavy (non-hydrogen) atoms. The Bertz CT molecular complexity index is 1260. The van der Waals surface area contributed by atoms with Crippen molar-refractivity contribution in [3.63, 3.8) is 0 Å². The molecule has 2 aromatic rings. The Kier molecular flexibility index (Phi) is 8.31. The van der Waals surface area contributed by atoms with E-state index in [4.69, 9.17) is 0 Å². The number of halogens is 3. The highest BCUT2D eigenvalue weighted by Gasteiger charge is 2.37. The van der Waals surface area contributed by atoms with Gasteiger partial charge in [-0.2, -0.15) is 4.99 Å². The van der Waals surface area contributed by atoms with Crippen molar-refractivity contribution >= 4 is 23.3 Å². The zero-order valence-electron chi connectivity index (χ0n) is 23.1. The highest BCUT2D eigenvalue weighted by Crippen LogP contribution is 2.38. The Morgan fingerprint density at radius 1 is 1.02 bits per heavy atom. The van der Waals surface area contributed by atoms with Crippen molar-refractivity contribution in [2.24, 2.45) is 10.9 Å². The second kappa shape index (κ2) is 11.7. The quantitative estimate of drug-likeness (QED) is 0.495. The Morgan fingerprint density at radius 3 is 2.35 bits per heavy atom. The van der Waals surface area contributed by atoms with Crippen LogP contribution < -0.4 is 10.2 Å². The lowest BCUT2D eigenvalue weighted by molar-refractivity contribution is -0.126. The number of piperidine rings is 1. The lowest BCUT2D eigenvalue weighted by Gasteiger charge is -2.36. The summed E-state index contributed by atoms with van der Waals surface area (Å²) in [5, 5.41) is 3.02. The molecule has 5 rings (SSSR count). The third kappa shape index (κ3) is 6.57. The van der Waals surface area contributed by atoms with Crippen LogP contribution in [0, 0.1) is 11.7 Å². The Hall–Kier alpha value is -3.20. The van der Waals surface area contributed by atoms with E-state index in [0.717, 1.165) is 42.5 Å². The summed E-state index contributed by atoms with van der Waals surface area (Å²) in [6.45, 7) is 5.21. The summed E-state index contributed by atoms with van der Waals surface area (Å²) in [7, 11) is 0. The van der Waals surface area contributed by atoms with Gasteiger partial charge in [0.25, 0.3) is 11.8 Å². The zero-order chi connectivity index (χ0) is 28.4. The number of anilines is 1. The van der Waals surface area contributed by atoms with Crippen LogP contribution in [0.1, 0.15) is 73.9 Å². The first kappa shape index (κ1) is 28.3. The van der Waals surface area contributed by atoms with Gasteiger partial charge in [0.1, 0.15) is 11.7 Å². The maximum absolute atomic E-state index is 13.7. The molecular formula is C31H37F3N4O2. The molecule has 1 N–H and O–H groups in total. The van der Waals surface area contributed by atoms with E-state index in [1.807, 2.05) is 26.0 Å². The van der Waals surface area contributed by atoms with Crippen LogP contribution in [0.4, 0.5) is 18.9 Å². The van der Waals surface area contributed by atoms with Crippen LogP contribution in [0.25, 0.3) is 0 Å². The number of likely N-dealkylation sites (tertiary alicyclic amines) is 1. The van der Waals surface area contributed by atoms with Gasteiger partial charge in [0, 0.05) is 68.1 Å². The van der Waals surface area contributed by atoms with Crippen LogP contribution in [-0.4, -0.2) is 53.6 Å². The highest BCUT2D eigenvalue weighted by atomic mass is 19.3. The van der Waals surface area contributed by atoms with Gasteiger partial charge in [0.2, 0.25) is 5.91 Å². The summed E-state index contributed by atoms with van der Waals surface area (Å²) in [6.07, 6.45) is 3.30. The molecule has 3 aliphatic rings. The van der Waals surface area contributed by atoms with Crippen LogP contribution in [-0.2, 0) is 17.8 Å². The summed E-state index contributed by atoms with van der Waals surface area (Å²) < 4.78 is 40.7. The number of amidine groups is 1. The van der Waals surface area contributed by atoms with E-state index >= 15 is 0 Å². The fraction of sp³-hybridized carbons (Fsp3) is 0.516. The number of carbonyl (C=O) groups is 2. The van der Waals surface area contributed by atoms with E-state index in [1.165, 1.54) is 24.3 Å². The van der Waals surface area contributed by atoms with Gasteiger partial charge in [-0.25, -0.2) is 13.2 Å². The predicted molar refractivity (Wildman–Crippen MR) is 149 cm³/mol. The second-order valence-corrected chi connectivity index (χ2v) is 11.7. The monoisotopic (exact) mass is 554 g/mol. The molecule has 2 aromatic carbocycles. The van der Waals surface area contributed by atoms with Crippen molar-refractivity contribution in [1.29, 1.82) is 0 Å². The molecule has 1 saturated carbocycles. The van der Waals surface area contributed by atoms with Gasteiger partial charge in [-0.3, -0.25) is 14.5 Å². The van der Waals surface area contributed by atoms with Gasteiger partial charge in [0.15, 0.2) is 0 Å². The van der Waals surface area contributed by atoms with Gasteiger partial charge in [-0.05, 0) is 81.0 Å². The van der Waals surface area contributed by atoms with E-state index in [-0.39, 0.29) is 36.8 Å². The van der Waals surface area contributed by atoms with Gasteiger partial charge < -0.3 is 10.2 Å². The van der Waals surface area contributed by atoms with Crippen molar-refractivity contribution in [2.75, 3.05) is 18.0 Å². The normalized spacial score (nSPS) is 23.9. The predicted octanol–water partition coefficient (Wildman–Crippen LogP) is 5.74. The molecule has 2 fully saturated rings. The summed E-state index contributed by atoms with van der Waals surface area (Å²) in [4.78, 5) is 34.4. The first-order chi connectivity index (χ1) is 19.1. The summed E-state index contributed by atoms with van der Waals surface area (Å²) >= 11 is 0. The molecule has 214 valence electrons. The largest absolute Gasteiger partial charge is 0.354 e. The van der Waals surface area contributed by atoms with Crippen LogP contribution in [0.15, 0.2) is 47.5 Å². The summed E-state index contributed by atoms with van der Waals surface area (Å²) in [6, 6.07) is 11.7. The third-order valence-corrected chi connectivity index (χ3v) is 8.22. The van der Waals surface area contributed by atoms with Crippen LogP contribution in [0.5, 0.6) is 0 Å². The SMILES string of the molecule is CC(C)NC(=O)C1CCC(N2C(=NC(=O)c3ccc(F)cc3)Cc3ccc(CN4CCC(F)(F)CC4)cc32)CC1. The first-order valence-electron chi connectivity index (χ1n) is 14.3. The van der Waals surface area contributed by atoms with Crippen molar-refractivity contribution in [3.8, 4) is 0 Å². The fourth-order valence-corrected chi connectivity index (χ4v) is 6.05. The van der Waals surface area contributed by atoms with Crippen molar-refractivity contribution in [3.05, 3.63) is 65.0 Å². The zero-order valence-corrected chi connectivity index (χ0v) is 23.1. The topological polar surface area (TPSA) is 65.0 Å². The molecule has 0 aromatic heterocycles. The van der Waals surface area contributed by atoms with Crippen LogP contribution >= 0.6 is 0 Å². The van der Waals surface area contributed by atoms with E-state index in [9.17, 15) is 22.8 Å². The smallest absolute Gasteiger partial charge is 0.278 e. The minimum absolute atomic E-state index is 0.0366. The lowest BCUT2D eigenvalue weighted by Crippen LogP contribution is -2.44. The number of aliphatic imine (C=N–C) groups is 1. The molecule has 0 radical (unpaired) electrons. The van der Waals surface area contributed by atoms with Gasteiger partial charge in [0.05, 0.1) is 0 Å². The number of carbonyl (C=O) groups excluding carboxylic acids is 2. The fourth-order valence-electron chi connectivity index (χ4n) is 6.05. The number of fused-ring (bicyclic) bond motifs is 1. The number of nitrogens with zero attached hydrogens (tertiary/aromatic N) is 3. The molecule has 1 aliphatic carbocycles. The standard InChI is InChI=1S/C31H37F3N4O2/c1-20(2)35-29(39)23-7-11-26(12-8-23)38-27-17-21(19-37-15-13-31(33,34)14-16-37)3-4-24(27)18-28(38)36-30(40)22-5-9-25(32)10-6-22/h3-6,9-10,17,20,23,26H,7-8,11-16,18-19H2,1-2H3,(H,35,39). The Labute approximate surface area is 233 Å². The van der Waals surface area contributed by atoms with E-state index in [0.29, 0.717) is 37.5 Å². The highest BCUT2D eigenvalue weighted by molar-refractivity contribution is 6.12. The number of nitrogens with one attached hydrogen (secondary N) is 1. The number of hydrogen-bond donors (Lipinski definition) is 1. The molecule has 2 amide bonds. The maximum Gasteiger partial charge on any atom is 0.278 e. The molecule has 2 heterocycles. The van der Waals surface area contributed by atoms with E-state index < -0.39 is 17.6 Å². The molecule has 1 saturated heterocycles. The molecule has 0 bridgehead atoms. The average Bonchev–Trinajstić information content (AvgIpc) is 3.27. The van der Waals surface area contributed by atoms with Crippen LogP contribution in [0.2, 0.25) is 0 Å². The minimum Gasteiger partial charge on any atom is -0.354 e. The lowest BCUT2D eigenvalue weighted by atomic mass is 9.84. The number of hydrogen-bond acceptors (Lipinski definition) is 3. The Balaban J connectivity index is 1.38. The van der Waals surface area contributed by atoms with Gasteiger partial charge in [-0.15, -0.1) is 0 Å². The van der Waals surface area contributed by atoms with Crippen molar-refractivity contribution in [1.82, 2.24) is 10.2 Å². The number of alkyl halides is 2. The Morgan fingerprint density at radius 2 is 1.70 bits per heavy atom. The summed E-state index contributed by atoms with van der Waals surface area (Å²) in [5.74, 6) is -2.72. The van der Waals surface area contributed by atoms with Crippen molar-refractivity contribution in [2.45, 2.75) is 83.3 Å². The average molecular weight is 555 g/mol. The number of amides is 2. The molecular weight excluding hydrogens is 517 g/mol. The van der Waals surface area contributed by atoms with Crippen molar-refractivity contribution < 1.29 is 22.8 Å². The second-order valence-electron chi connectivity index (χ2n) is 11.7. The molecule has 2 aliphatic heterocycles. The number of benzene rings is 2. The summed E-state index contributed by atoms with van der Waals surface area (Å²) in [5.41, 5.74) is 3.39. The minimum atomic E-state index is -2.58. The number of rotatable bonds is 6. The first-order valence-corrected chi connectivity index (χ1v) is 14.3. The molecule has 9 heteroatoms. The molecule has 0 spiro atoms. The molecule has 6 nitrogen and oxygen atoms in total. The van der Waals surface area contributed by atoms with Gasteiger partial charge >= 0.3 is 0 Å². The molecule has 0 atom stereocenters. The van der Waals surface area contributed by atoms with E-state index in [1.54, 1.807) is 0 Å². The molecule has 0 unspecified atom stereocenters. The van der Waals surface area contributed by atoms with Gasteiger partial charge in [-0.1, -0.05) is 12.1 Å².